The molecule has 7 heteroatoms. The number of carbonyl (C=O) groups excluding carboxylic acids is 2. The van der Waals surface area contributed by atoms with Crippen molar-refractivity contribution in [2.24, 2.45) is 0 Å². The molecule has 0 saturated carbocycles. The average molecular weight is 352 g/mol. The fraction of sp³-hybridized carbons (Fsp3) is 0.211. The van der Waals surface area contributed by atoms with E-state index in [-0.39, 0.29) is 12.6 Å². The highest BCUT2D eigenvalue weighted by molar-refractivity contribution is 6.39. The smallest absolute Gasteiger partial charge is 0.313 e. The molecule has 0 spiro atoms. The van der Waals surface area contributed by atoms with Gasteiger partial charge >= 0.3 is 11.8 Å². The number of aryl methyl sites for hydroxylation is 2. The SMILES string of the molecule is Cc1ccc(NC(=O)C(=O)NCC(c2ccco2)n2cccn2)cc1C. The minimum Gasteiger partial charge on any atom is -0.467 e. The van der Waals surface area contributed by atoms with E-state index in [1.165, 1.54) is 0 Å². The van der Waals surface area contributed by atoms with Gasteiger partial charge in [-0.25, -0.2) is 0 Å². The lowest BCUT2D eigenvalue weighted by atomic mass is 10.1. The molecule has 3 aromatic rings. The molecule has 7 nitrogen and oxygen atoms in total. The van der Waals surface area contributed by atoms with E-state index in [1.807, 2.05) is 26.0 Å². The van der Waals surface area contributed by atoms with Crippen LogP contribution in [-0.4, -0.2) is 28.1 Å². The average Bonchev–Trinajstić information content (AvgIpc) is 3.32. The molecule has 2 N–H and O–H groups in total. The van der Waals surface area contributed by atoms with Gasteiger partial charge in [-0.3, -0.25) is 14.3 Å². The summed E-state index contributed by atoms with van der Waals surface area (Å²) in [6, 6.07) is 10.5. The molecule has 2 aromatic heterocycles. The Balaban J connectivity index is 1.63. The van der Waals surface area contributed by atoms with Crippen molar-refractivity contribution in [3.8, 4) is 0 Å². The summed E-state index contributed by atoms with van der Waals surface area (Å²) in [5.74, 6) is -0.789. The van der Waals surface area contributed by atoms with Crippen LogP contribution in [0.1, 0.15) is 22.9 Å². The van der Waals surface area contributed by atoms with Crippen molar-refractivity contribution >= 4 is 17.5 Å². The number of furan rings is 1. The van der Waals surface area contributed by atoms with Crippen LogP contribution < -0.4 is 10.6 Å². The van der Waals surface area contributed by atoms with Crippen LogP contribution in [0.25, 0.3) is 0 Å². The topological polar surface area (TPSA) is 89.2 Å². The Morgan fingerprint density at radius 2 is 2.00 bits per heavy atom. The summed E-state index contributed by atoms with van der Waals surface area (Å²) < 4.78 is 7.09. The van der Waals surface area contributed by atoms with Gasteiger partial charge < -0.3 is 15.1 Å². The number of hydrogen-bond donors (Lipinski definition) is 2. The third kappa shape index (κ3) is 4.00. The highest BCUT2D eigenvalue weighted by Gasteiger charge is 2.20. The molecule has 0 aliphatic rings. The molecule has 0 fully saturated rings. The van der Waals surface area contributed by atoms with Crippen LogP contribution in [0.15, 0.2) is 59.5 Å². The van der Waals surface area contributed by atoms with E-state index in [0.29, 0.717) is 11.4 Å². The standard InChI is InChI=1S/C19H20N4O3/c1-13-6-7-15(11-14(13)2)22-19(25)18(24)20-12-16(17-5-3-10-26-17)23-9-4-8-21-23/h3-11,16H,12H2,1-2H3,(H,20,24)(H,22,25). The second kappa shape index (κ2) is 7.69. The molecule has 0 aliphatic heterocycles. The number of hydrogen-bond acceptors (Lipinski definition) is 4. The van der Waals surface area contributed by atoms with Gasteiger partial charge in [0.25, 0.3) is 0 Å². The summed E-state index contributed by atoms with van der Waals surface area (Å²) in [7, 11) is 0. The molecular formula is C19H20N4O3. The first-order chi connectivity index (χ1) is 12.5. The summed E-state index contributed by atoms with van der Waals surface area (Å²) >= 11 is 0. The van der Waals surface area contributed by atoms with Crippen molar-refractivity contribution in [1.82, 2.24) is 15.1 Å². The van der Waals surface area contributed by atoms with Crippen LogP contribution in [-0.2, 0) is 9.59 Å². The Labute approximate surface area is 151 Å². The lowest BCUT2D eigenvalue weighted by Gasteiger charge is -2.16. The number of rotatable bonds is 5. The molecule has 3 rings (SSSR count). The molecule has 1 unspecified atom stereocenters. The van der Waals surface area contributed by atoms with Crippen molar-refractivity contribution in [3.63, 3.8) is 0 Å². The van der Waals surface area contributed by atoms with E-state index >= 15 is 0 Å². The van der Waals surface area contributed by atoms with Gasteiger partial charge in [0.05, 0.1) is 6.26 Å². The first-order valence-corrected chi connectivity index (χ1v) is 8.23. The Kier molecular flexibility index (Phi) is 5.17. The van der Waals surface area contributed by atoms with Gasteiger partial charge in [-0.1, -0.05) is 6.07 Å². The van der Waals surface area contributed by atoms with E-state index in [9.17, 15) is 9.59 Å². The highest BCUT2D eigenvalue weighted by atomic mass is 16.3. The van der Waals surface area contributed by atoms with Crippen molar-refractivity contribution in [2.75, 3.05) is 11.9 Å². The second-order valence-corrected chi connectivity index (χ2v) is 5.98. The fourth-order valence-corrected chi connectivity index (χ4v) is 2.55. The molecular weight excluding hydrogens is 332 g/mol. The molecule has 0 radical (unpaired) electrons. The van der Waals surface area contributed by atoms with Gasteiger partial charge in [0.1, 0.15) is 11.8 Å². The zero-order valence-electron chi connectivity index (χ0n) is 14.6. The highest BCUT2D eigenvalue weighted by Crippen LogP contribution is 2.17. The van der Waals surface area contributed by atoms with E-state index < -0.39 is 11.8 Å². The summed E-state index contributed by atoms with van der Waals surface area (Å²) in [6.07, 6.45) is 4.97. The molecule has 2 heterocycles. The Bertz CT molecular complexity index is 851. The predicted octanol–water partition coefficient (Wildman–Crippen LogP) is 2.44. The number of anilines is 1. The molecule has 134 valence electrons. The number of aromatic nitrogens is 2. The number of nitrogens with one attached hydrogen (secondary N) is 2. The fourth-order valence-electron chi connectivity index (χ4n) is 2.55. The summed E-state index contributed by atoms with van der Waals surface area (Å²) in [4.78, 5) is 24.3. The monoisotopic (exact) mass is 352 g/mol. The summed E-state index contributed by atoms with van der Waals surface area (Å²) in [5, 5.41) is 9.43. The van der Waals surface area contributed by atoms with Gasteiger partial charge in [-0.2, -0.15) is 5.10 Å². The van der Waals surface area contributed by atoms with E-state index in [4.69, 9.17) is 4.42 Å². The van der Waals surface area contributed by atoms with E-state index in [0.717, 1.165) is 11.1 Å². The zero-order chi connectivity index (χ0) is 18.5. The molecule has 0 aliphatic carbocycles. The van der Waals surface area contributed by atoms with Crippen LogP contribution in [0.4, 0.5) is 5.69 Å². The zero-order valence-corrected chi connectivity index (χ0v) is 14.6. The first kappa shape index (κ1) is 17.5. The molecule has 1 atom stereocenters. The largest absolute Gasteiger partial charge is 0.467 e. The van der Waals surface area contributed by atoms with Crippen molar-refractivity contribution in [2.45, 2.75) is 19.9 Å². The van der Waals surface area contributed by atoms with Crippen LogP contribution in [0.3, 0.4) is 0 Å². The first-order valence-electron chi connectivity index (χ1n) is 8.23. The van der Waals surface area contributed by atoms with Crippen LogP contribution >= 0.6 is 0 Å². The Morgan fingerprint density at radius 1 is 1.15 bits per heavy atom. The number of amides is 2. The minimum absolute atomic E-state index is 0.175. The summed E-state index contributed by atoms with van der Waals surface area (Å²) in [5.41, 5.74) is 2.75. The maximum absolute atomic E-state index is 12.2. The van der Waals surface area contributed by atoms with Crippen molar-refractivity contribution in [1.29, 1.82) is 0 Å². The van der Waals surface area contributed by atoms with Crippen LogP contribution in [0.2, 0.25) is 0 Å². The Hall–Kier alpha value is -3.35. The minimum atomic E-state index is -0.716. The third-order valence-corrected chi connectivity index (χ3v) is 4.14. The van der Waals surface area contributed by atoms with Gasteiger partial charge in [0.2, 0.25) is 0 Å². The van der Waals surface area contributed by atoms with Gasteiger partial charge in [0, 0.05) is 24.6 Å². The lowest BCUT2D eigenvalue weighted by molar-refractivity contribution is -0.136. The Morgan fingerprint density at radius 3 is 2.65 bits per heavy atom. The quantitative estimate of drug-likeness (QED) is 0.690. The normalized spacial score (nSPS) is 11.8. The van der Waals surface area contributed by atoms with Crippen LogP contribution in [0.5, 0.6) is 0 Å². The number of nitrogens with zero attached hydrogens (tertiary/aromatic N) is 2. The van der Waals surface area contributed by atoms with Gasteiger partial charge in [0.15, 0.2) is 0 Å². The van der Waals surface area contributed by atoms with Crippen LogP contribution in [0, 0.1) is 13.8 Å². The van der Waals surface area contributed by atoms with Gasteiger partial charge in [-0.15, -0.1) is 0 Å². The second-order valence-electron chi connectivity index (χ2n) is 5.98. The maximum atomic E-state index is 12.2. The van der Waals surface area contributed by atoms with Crippen molar-refractivity contribution in [3.05, 3.63) is 71.9 Å². The van der Waals surface area contributed by atoms with E-state index in [1.54, 1.807) is 47.6 Å². The molecule has 0 bridgehead atoms. The number of carbonyl (C=O) groups is 2. The molecule has 0 saturated heterocycles. The third-order valence-electron chi connectivity index (χ3n) is 4.14. The number of benzene rings is 1. The summed E-state index contributed by atoms with van der Waals surface area (Å²) in [6.45, 7) is 4.11. The predicted molar refractivity (Wildman–Crippen MR) is 96.6 cm³/mol. The molecule has 2 amide bonds. The lowest BCUT2D eigenvalue weighted by Crippen LogP contribution is -2.38. The molecule has 26 heavy (non-hydrogen) atoms. The van der Waals surface area contributed by atoms with E-state index in [2.05, 4.69) is 15.7 Å². The van der Waals surface area contributed by atoms with Crippen molar-refractivity contribution < 1.29 is 14.0 Å². The maximum Gasteiger partial charge on any atom is 0.313 e. The molecule has 1 aromatic carbocycles. The van der Waals surface area contributed by atoms with Gasteiger partial charge in [-0.05, 0) is 55.3 Å².